The Morgan fingerprint density at radius 1 is 1.43 bits per heavy atom. The fourth-order valence-corrected chi connectivity index (χ4v) is 1.94. The number of alkyl halides is 3. The minimum Gasteiger partial charge on any atom is -0.480 e. The van der Waals surface area contributed by atoms with Crippen LogP contribution in [0.5, 0.6) is 0 Å². The largest absolute Gasteiger partial charge is 0.480 e. The number of nitrogens with one attached hydrogen (secondary N) is 2. The van der Waals surface area contributed by atoms with Crippen LogP contribution in [0.15, 0.2) is 6.07 Å². The zero-order chi connectivity index (χ0) is 17.4. The van der Waals surface area contributed by atoms with Crippen molar-refractivity contribution in [3.05, 3.63) is 17.6 Å². The molecule has 11 heteroatoms. The summed E-state index contributed by atoms with van der Waals surface area (Å²) in [6.07, 6.45) is -5.42. The molecule has 1 atom stereocenters. The van der Waals surface area contributed by atoms with Gasteiger partial charge < -0.3 is 21.1 Å². The van der Waals surface area contributed by atoms with Crippen LogP contribution in [0.2, 0.25) is 0 Å². The number of nitrogens with zero attached hydrogens (tertiary/aromatic N) is 2. The number of amides is 1. The van der Waals surface area contributed by atoms with E-state index >= 15 is 0 Å². The van der Waals surface area contributed by atoms with Gasteiger partial charge in [-0.25, -0.2) is 14.8 Å². The number of hydrogen-bond acceptors (Lipinski definition) is 5. The zero-order valence-corrected chi connectivity index (χ0v) is 11.7. The number of carbonyl (C=O) groups excluding carboxylic acids is 1. The zero-order valence-electron chi connectivity index (χ0n) is 11.7. The van der Waals surface area contributed by atoms with Crippen molar-refractivity contribution in [3.8, 4) is 0 Å². The molecule has 5 N–H and O–H groups in total. The number of nitrogens with two attached hydrogens (primary N) is 1. The van der Waals surface area contributed by atoms with Gasteiger partial charge in [-0.3, -0.25) is 4.79 Å². The molecule has 2 rings (SSSR count). The monoisotopic (exact) mass is 331 g/mol. The summed E-state index contributed by atoms with van der Waals surface area (Å²) in [5.74, 6) is -4.15. The molecule has 0 saturated carbocycles. The number of carboxylic acid groups (broad SMARTS) is 1. The lowest BCUT2D eigenvalue weighted by Gasteiger charge is -2.15. The average molecular weight is 331 g/mol. The SMILES string of the molecule is Cc1cc2c(NC(CC(N)=O)C(=O)O)nc(C(F)(F)F)nc2[nH]1. The van der Waals surface area contributed by atoms with Gasteiger partial charge in [0.25, 0.3) is 0 Å². The summed E-state index contributed by atoms with van der Waals surface area (Å²) in [7, 11) is 0. The summed E-state index contributed by atoms with van der Waals surface area (Å²) in [5, 5.41) is 11.5. The van der Waals surface area contributed by atoms with Crippen LogP contribution in [0, 0.1) is 6.92 Å². The fraction of sp³-hybridized carbons (Fsp3) is 0.333. The van der Waals surface area contributed by atoms with E-state index in [0.29, 0.717) is 5.69 Å². The number of aryl methyl sites for hydroxylation is 1. The molecule has 0 aliphatic heterocycles. The van der Waals surface area contributed by atoms with E-state index in [9.17, 15) is 22.8 Å². The minimum absolute atomic E-state index is 0.101. The van der Waals surface area contributed by atoms with Gasteiger partial charge in [0.05, 0.1) is 11.8 Å². The number of anilines is 1. The predicted octanol–water partition coefficient (Wildman–Crippen LogP) is 1.03. The normalized spacial score (nSPS) is 13.0. The molecule has 2 aromatic rings. The number of halogens is 3. The van der Waals surface area contributed by atoms with Crippen LogP contribution >= 0.6 is 0 Å². The van der Waals surface area contributed by atoms with Crippen LogP contribution < -0.4 is 11.1 Å². The predicted molar refractivity (Wildman–Crippen MR) is 72.5 cm³/mol. The van der Waals surface area contributed by atoms with Crippen molar-refractivity contribution < 1.29 is 27.9 Å². The van der Waals surface area contributed by atoms with Crippen LogP contribution in [-0.4, -0.2) is 38.0 Å². The first-order chi connectivity index (χ1) is 10.6. The Bertz CT molecular complexity index is 771. The smallest absolute Gasteiger partial charge is 0.451 e. The van der Waals surface area contributed by atoms with Gasteiger partial charge >= 0.3 is 12.1 Å². The first-order valence-corrected chi connectivity index (χ1v) is 6.30. The molecule has 0 aromatic carbocycles. The fourth-order valence-electron chi connectivity index (χ4n) is 1.94. The molecule has 0 aliphatic rings. The third-order valence-corrected chi connectivity index (χ3v) is 2.89. The highest BCUT2D eigenvalue weighted by atomic mass is 19.4. The summed E-state index contributed by atoms with van der Waals surface area (Å²) in [5.41, 5.74) is 5.35. The quantitative estimate of drug-likeness (QED) is 0.646. The maximum absolute atomic E-state index is 12.9. The first kappa shape index (κ1) is 16.5. The van der Waals surface area contributed by atoms with Crippen LogP contribution in [0.3, 0.4) is 0 Å². The summed E-state index contributed by atoms with van der Waals surface area (Å²) in [6.45, 7) is 1.59. The number of aromatic nitrogens is 3. The van der Waals surface area contributed by atoms with Crippen LogP contribution in [0.1, 0.15) is 17.9 Å². The Hall–Kier alpha value is -2.85. The summed E-state index contributed by atoms with van der Waals surface area (Å²) in [4.78, 5) is 31.3. The standard InChI is InChI=1S/C12H12F3N5O3/c1-4-2-5-8(17-4)19-11(12(13,14)15)20-9(5)18-6(10(22)23)3-7(16)21/h2,6H,3H2,1H3,(H2,16,21)(H,22,23)(H2,17,18,19,20). The molecule has 8 nitrogen and oxygen atoms in total. The lowest BCUT2D eigenvalue weighted by molar-refractivity contribution is -0.144. The van der Waals surface area contributed by atoms with Crippen molar-refractivity contribution in [1.82, 2.24) is 15.0 Å². The number of carbonyl (C=O) groups is 2. The second-order valence-corrected chi connectivity index (χ2v) is 4.81. The number of rotatable bonds is 5. The van der Waals surface area contributed by atoms with Crippen molar-refractivity contribution in [2.75, 3.05) is 5.32 Å². The summed E-state index contributed by atoms with van der Waals surface area (Å²) in [6, 6.07) is -0.0528. The number of H-pyrrole nitrogens is 1. The molecule has 1 unspecified atom stereocenters. The Morgan fingerprint density at radius 3 is 2.61 bits per heavy atom. The van der Waals surface area contributed by atoms with Crippen molar-refractivity contribution >= 4 is 28.7 Å². The number of carboxylic acids is 1. The van der Waals surface area contributed by atoms with E-state index < -0.39 is 36.3 Å². The molecule has 23 heavy (non-hydrogen) atoms. The number of fused-ring (bicyclic) bond motifs is 1. The molecule has 0 saturated heterocycles. The molecule has 0 fully saturated rings. The minimum atomic E-state index is -4.81. The van der Waals surface area contributed by atoms with Gasteiger partial charge in [-0.2, -0.15) is 13.2 Å². The second-order valence-electron chi connectivity index (χ2n) is 4.81. The topological polar surface area (TPSA) is 134 Å². The van der Waals surface area contributed by atoms with E-state index in [1.165, 1.54) is 6.07 Å². The molecule has 0 spiro atoms. The average Bonchev–Trinajstić information content (AvgIpc) is 2.76. The van der Waals surface area contributed by atoms with Crippen LogP contribution in [-0.2, 0) is 15.8 Å². The van der Waals surface area contributed by atoms with E-state index in [2.05, 4.69) is 20.3 Å². The van der Waals surface area contributed by atoms with Crippen LogP contribution in [0.4, 0.5) is 19.0 Å². The highest BCUT2D eigenvalue weighted by Gasteiger charge is 2.36. The molecule has 1 amide bonds. The maximum atomic E-state index is 12.9. The Labute approximate surface area is 126 Å². The van der Waals surface area contributed by atoms with Crippen molar-refractivity contribution in [2.45, 2.75) is 25.6 Å². The molecule has 2 heterocycles. The molecule has 0 aliphatic carbocycles. The molecular formula is C12H12F3N5O3. The number of primary amides is 1. The highest BCUT2D eigenvalue weighted by Crippen LogP contribution is 2.30. The summed E-state index contributed by atoms with van der Waals surface area (Å²) < 4.78 is 38.6. The van der Waals surface area contributed by atoms with Gasteiger partial charge in [-0.15, -0.1) is 0 Å². The maximum Gasteiger partial charge on any atom is 0.451 e. The lowest BCUT2D eigenvalue weighted by Crippen LogP contribution is -2.34. The van der Waals surface area contributed by atoms with Crippen molar-refractivity contribution in [1.29, 1.82) is 0 Å². The molecule has 0 bridgehead atoms. The molecule has 124 valence electrons. The highest BCUT2D eigenvalue weighted by molar-refractivity contribution is 5.91. The van der Waals surface area contributed by atoms with Gasteiger partial charge in [0.2, 0.25) is 11.7 Å². The van der Waals surface area contributed by atoms with Crippen LogP contribution in [0.25, 0.3) is 11.0 Å². The first-order valence-electron chi connectivity index (χ1n) is 6.30. The number of aromatic amines is 1. The van der Waals surface area contributed by atoms with Gasteiger partial charge in [-0.05, 0) is 13.0 Å². The van der Waals surface area contributed by atoms with E-state index in [4.69, 9.17) is 10.8 Å². The van der Waals surface area contributed by atoms with Gasteiger partial charge in [0.1, 0.15) is 17.5 Å². The van der Waals surface area contributed by atoms with E-state index in [1.807, 2.05) is 0 Å². The molecular weight excluding hydrogens is 319 g/mol. The second kappa shape index (κ2) is 5.74. The number of aliphatic carboxylic acids is 1. The van der Waals surface area contributed by atoms with Gasteiger partial charge in [0, 0.05) is 5.69 Å². The third-order valence-electron chi connectivity index (χ3n) is 2.89. The van der Waals surface area contributed by atoms with Gasteiger partial charge in [-0.1, -0.05) is 0 Å². The van der Waals surface area contributed by atoms with Crippen molar-refractivity contribution in [2.24, 2.45) is 5.73 Å². The number of hydrogen-bond donors (Lipinski definition) is 4. The summed E-state index contributed by atoms with van der Waals surface area (Å²) >= 11 is 0. The Kier molecular flexibility index (Phi) is 4.12. The van der Waals surface area contributed by atoms with Crippen molar-refractivity contribution in [3.63, 3.8) is 0 Å². The molecule has 2 aromatic heterocycles. The van der Waals surface area contributed by atoms with E-state index in [0.717, 1.165) is 0 Å². The van der Waals surface area contributed by atoms with E-state index in [-0.39, 0.29) is 16.9 Å². The van der Waals surface area contributed by atoms with Gasteiger partial charge in [0.15, 0.2) is 0 Å². The Morgan fingerprint density at radius 2 is 2.09 bits per heavy atom. The molecule has 0 radical (unpaired) electrons. The van der Waals surface area contributed by atoms with E-state index in [1.54, 1.807) is 6.92 Å². The third kappa shape index (κ3) is 3.67. The Balaban J connectivity index is 2.52. The lowest BCUT2D eigenvalue weighted by atomic mass is 10.2.